The molecule has 1 aliphatic heterocycles. The van der Waals surface area contributed by atoms with Gasteiger partial charge in [-0.25, -0.2) is 16.0 Å². The van der Waals surface area contributed by atoms with Crippen molar-refractivity contribution in [2.45, 2.75) is 77.2 Å². The van der Waals surface area contributed by atoms with E-state index in [1.165, 1.54) is 4.57 Å². The minimum Gasteiger partial charge on any atom is -0.497 e. The Kier molecular flexibility index (Phi) is 13.0. The smallest absolute Gasteiger partial charge is 0.351 e. The predicted molar refractivity (Wildman–Crippen MR) is 199 cm³/mol. The standard InChI is InChI=1S/C39H48N5O6P/c1-27(2)44(28(3)4)51(48-24-22-41-6)50-34-25-37(43-23-21-36(40)42-38(43)45)49-35(34)26-47-39(30-11-9-8-10-12-30,31-15-13-29(5)14-16-31)32-17-19-33(46-7)20-18-32/h8-21,23,27-28,34-35,37H,22,24-26H2,1-5,7H3,(H2,40,42,45). The van der Waals surface area contributed by atoms with E-state index in [0.717, 1.165) is 28.0 Å². The number of hydrogen-bond donors (Lipinski definition) is 1. The molecule has 1 saturated heterocycles. The van der Waals surface area contributed by atoms with Crippen LogP contribution in [-0.4, -0.2) is 65.4 Å². The fraction of sp³-hybridized carbons (Fsp3) is 0.410. The number of nitrogens with zero attached hydrogens (tertiary/aromatic N) is 4. The molecular weight excluding hydrogens is 665 g/mol. The number of aryl methyl sites for hydroxylation is 1. The van der Waals surface area contributed by atoms with Crippen LogP contribution in [0.25, 0.3) is 4.85 Å². The van der Waals surface area contributed by atoms with E-state index >= 15 is 0 Å². The molecule has 11 nitrogen and oxygen atoms in total. The molecule has 0 aliphatic carbocycles. The van der Waals surface area contributed by atoms with Crippen molar-refractivity contribution in [1.82, 2.24) is 14.2 Å². The summed E-state index contributed by atoms with van der Waals surface area (Å²) in [5.41, 5.74) is 8.15. The second-order valence-corrected chi connectivity index (χ2v) is 14.4. The maximum Gasteiger partial charge on any atom is 0.351 e. The highest BCUT2D eigenvalue weighted by Gasteiger charge is 2.45. The Morgan fingerprint density at radius 3 is 2.22 bits per heavy atom. The van der Waals surface area contributed by atoms with E-state index in [2.05, 4.69) is 85.5 Å². The van der Waals surface area contributed by atoms with Gasteiger partial charge >= 0.3 is 5.69 Å². The number of ether oxygens (including phenoxy) is 3. The molecule has 0 spiro atoms. The van der Waals surface area contributed by atoms with Crippen molar-refractivity contribution in [3.05, 3.63) is 135 Å². The third kappa shape index (κ3) is 8.85. The lowest BCUT2D eigenvalue weighted by Crippen LogP contribution is -2.39. The zero-order valence-electron chi connectivity index (χ0n) is 30.1. The summed E-state index contributed by atoms with van der Waals surface area (Å²) in [5.74, 6) is 0.863. The zero-order valence-corrected chi connectivity index (χ0v) is 31.0. The minimum absolute atomic E-state index is 0.0989. The molecule has 4 aromatic rings. The quantitative estimate of drug-likeness (QED) is 0.0562. The highest BCUT2D eigenvalue weighted by molar-refractivity contribution is 7.44. The SMILES string of the molecule is [C-]#[N+]CCOP(OC1CC(n2ccc(N)nc2=O)OC1COC(c1ccccc1)(c1ccc(C)cc1)c1ccc(OC)cc1)N(C(C)C)C(C)C. The predicted octanol–water partition coefficient (Wildman–Crippen LogP) is 7.11. The van der Waals surface area contributed by atoms with E-state index in [4.69, 9.17) is 35.6 Å². The van der Waals surface area contributed by atoms with Gasteiger partial charge in [-0.3, -0.25) is 4.57 Å². The number of benzene rings is 3. The molecule has 0 bridgehead atoms. The van der Waals surface area contributed by atoms with Gasteiger partial charge in [-0.2, -0.15) is 4.98 Å². The lowest BCUT2D eigenvalue weighted by Gasteiger charge is -2.39. The maximum absolute atomic E-state index is 13.0. The Labute approximate surface area is 302 Å². The summed E-state index contributed by atoms with van der Waals surface area (Å²) in [5, 5.41) is 0. The van der Waals surface area contributed by atoms with Crippen molar-refractivity contribution in [2.75, 3.05) is 32.6 Å². The molecular formula is C39H48N5O6P. The van der Waals surface area contributed by atoms with Crippen LogP contribution in [0.5, 0.6) is 5.75 Å². The number of anilines is 1. The summed E-state index contributed by atoms with van der Waals surface area (Å²) < 4.78 is 36.2. The van der Waals surface area contributed by atoms with Crippen LogP contribution >= 0.6 is 8.53 Å². The fourth-order valence-electron chi connectivity index (χ4n) is 6.43. The molecule has 5 atom stereocenters. The topological polar surface area (TPSA) is 115 Å². The number of nitrogen functional groups attached to an aromatic ring is 1. The molecule has 2 N–H and O–H groups in total. The van der Waals surface area contributed by atoms with E-state index in [9.17, 15) is 4.79 Å². The minimum atomic E-state index is -1.62. The van der Waals surface area contributed by atoms with Gasteiger partial charge in [-0.05, 0) is 69.5 Å². The van der Waals surface area contributed by atoms with Crippen molar-refractivity contribution in [3.63, 3.8) is 0 Å². The second-order valence-electron chi connectivity index (χ2n) is 13.0. The Morgan fingerprint density at radius 2 is 1.63 bits per heavy atom. The normalized spacial score (nSPS) is 19.3. The molecule has 0 saturated carbocycles. The average Bonchev–Trinajstić information content (AvgIpc) is 3.51. The molecule has 1 fully saturated rings. The van der Waals surface area contributed by atoms with Crippen LogP contribution < -0.4 is 16.2 Å². The van der Waals surface area contributed by atoms with Crippen LogP contribution in [0.2, 0.25) is 0 Å². The number of methoxy groups -OCH3 is 1. The molecule has 5 rings (SSSR count). The van der Waals surface area contributed by atoms with Crippen LogP contribution in [0, 0.1) is 13.5 Å². The molecule has 270 valence electrons. The Bertz CT molecular complexity index is 1790. The molecule has 5 unspecified atom stereocenters. The van der Waals surface area contributed by atoms with Crippen LogP contribution in [0.15, 0.2) is 95.9 Å². The van der Waals surface area contributed by atoms with Crippen LogP contribution in [-0.2, 0) is 24.1 Å². The van der Waals surface area contributed by atoms with Gasteiger partial charge in [0.1, 0.15) is 36.1 Å². The highest BCUT2D eigenvalue weighted by Crippen LogP contribution is 2.50. The molecule has 1 aromatic heterocycles. The van der Waals surface area contributed by atoms with Crippen molar-refractivity contribution in [3.8, 4) is 5.75 Å². The van der Waals surface area contributed by atoms with Gasteiger partial charge in [0.25, 0.3) is 8.53 Å². The van der Waals surface area contributed by atoms with E-state index < -0.39 is 38.3 Å². The van der Waals surface area contributed by atoms with E-state index in [0.29, 0.717) is 6.42 Å². The molecule has 3 aromatic carbocycles. The molecule has 0 radical (unpaired) electrons. The van der Waals surface area contributed by atoms with Crippen LogP contribution in [0.1, 0.15) is 62.6 Å². The molecule has 51 heavy (non-hydrogen) atoms. The van der Waals surface area contributed by atoms with Crippen molar-refractivity contribution < 1.29 is 23.3 Å². The maximum atomic E-state index is 13.0. The van der Waals surface area contributed by atoms with E-state index in [-0.39, 0.29) is 37.7 Å². The summed E-state index contributed by atoms with van der Waals surface area (Å²) in [7, 11) is 0.0295. The van der Waals surface area contributed by atoms with Crippen LogP contribution in [0.4, 0.5) is 5.82 Å². The first-order valence-corrected chi connectivity index (χ1v) is 18.3. The highest BCUT2D eigenvalue weighted by atomic mass is 31.2. The largest absolute Gasteiger partial charge is 0.497 e. The molecule has 0 amide bonds. The summed E-state index contributed by atoms with van der Waals surface area (Å²) >= 11 is 0. The van der Waals surface area contributed by atoms with E-state index in [1.807, 2.05) is 42.5 Å². The summed E-state index contributed by atoms with van der Waals surface area (Å²) in [6, 6.07) is 28.1. The monoisotopic (exact) mass is 713 g/mol. The van der Waals surface area contributed by atoms with Gasteiger partial charge in [0.15, 0.2) is 0 Å². The molecule has 1 aliphatic rings. The summed E-state index contributed by atoms with van der Waals surface area (Å²) in [4.78, 5) is 20.5. The van der Waals surface area contributed by atoms with Crippen LogP contribution in [0.3, 0.4) is 0 Å². The van der Waals surface area contributed by atoms with Crippen molar-refractivity contribution >= 4 is 14.3 Å². The van der Waals surface area contributed by atoms with Gasteiger partial charge in [0.05, 0.1) is 19.8 Å². The first-order valence-electron chi connectivity index (χ1n) is 17.2. The lowest BCUT2D eigenvalue weighted by molar-refractivity contribution is -0.0925. The Balaban J connectivity index is 1.58. The van der Waals surface area contributed by atoms with E-state index in [1.54, 1.807) is 19.4 Å². The fourth-order valence-corrected chi connectivity index (χ4v) is 8.18. The van der Waals surface area contributed by atoms with Gasteiger partial charge in [0, 0.05) is 24.7 Å². The Hall–Kier alpha value is -4.14. The third-order valence-corrected chi connectivity index (χ3v) is 11.0. The molecule has 12 heteroatoms. The van der Waals surface area contributed by atoms with Gasteiger partial charge in [0.2, 0.25) is 6.54 Å². The summed E-state index contributed by atoms with van der Waals surface area (Å²) in [6.45, 7) is 18.3. The number of rotatable bonds is 16. The lowest BCUT2D eigenvalue weighted by atomic mass is 9.79. The summed E-state index contributed by atoms with van der Waals surface area (Å²) in [6.07, 6.45) is 0.0713. The number of nitrogens with two attached hydrogens (primary N) is 1. The Morgan fingerprint density at radius 1 is 1.00 bits per heavy atom. The second kappa shape index (κ2) is 17.4. The third-order valence-electron chi connectivity index (χ3n) is 8.82. The van der Waals surface area contributed by atoms with Crippen molar-refractivity contribution in [2.24, 2.45) is 0 Å². The first-order chi connectivity index (χ1) is 24.6. The zero-order chi connectivity index (χ0) is 36.5. The first kappa shape index (κ1) is 38.1. The number of aromatic nitrogens is 2. The number of hydrogen-bond acceptors (Lipinski definition) is 9. The molecule has 2 heterocycles. The van der Waals surface area contributed by atoms with Crippen molar-refractivity contribution in [1.29, 1.82) is 0 Å². The van der Waals surface area contributed by atoms with Gasteiger partial charge in [-0.1, -0.05) is 72.3 Å². The van der Waals surface area contributed by atoms with Gasteiger partial charge in [-0.15, -0.1) is 0 Å². The average molecular weight is 714 g/mol. The van der Waals surface area contributed by atoms with Gasteiger partial charge < -0.3 is 33.8 Å².